The number of nitrogens with one attached hydrogen (secondary N) is 1. The molecule has 2 N–H and O–H groups in total. The molecule has 6 nitrogen and oxygen atoms in total. The van der Waals surface area contributed by atoms with Crippen LogP contribution < -0.4 is 0 Å². The monoisotopic (exact) mass is 270 g/mol. The molecule has 2 rings (SSSR count). The Labute approximate surface area is 93.0 Å². The fraction of sp³-hybridized carbons (Fsp3) is 0.125. The Hall–Kier alpha value is -1.63. The zero-order chi connectivity index (χ0) is 11.0. The first-order chi connectivity index (χ1) is 7.08. The number of aromatic nitrogens is 4. The number of H-pyrrole nitrogens is 1. The molecule has 0 aliphatic heterocycles. The molecule has 0 radical (unpaired) electrons. The summed E-state index contributed by atoms with van der Waals surface area (Å²) in [6.45, 7) is 0. The van der Waals surface area contributed by atoms with E-state index in [1.165, 1.54) is 6.07 Å². The van der Waals surface area contributed by atoms with Crippen LogP contribution in [0.3, 0.4) is 0 Å². The van der Waals surface area contributed by atoms with Gasteiger partial charge in [0, 0.05) is 19.2 Å². The van der Waals surface area contributed by atoms with Gasteiger partial charge in [-0.05, 0) is 15.9 Å². The van der Waals surface area contributed by atoms with Crippen molar-refractivity contribution in [3.05, 3.63) is 22.4 Å². The van der Waals surface area contributed by atoms with Crippen LogP contribution in [0.15, 0.2) is 16.7 Å². The Bertz CT molecular complexity index is 516. The third-order valence-corrected chi connectivity index (χ3v) is 2.31. The predicted molar refractivity (Wildman–Crippen MR) is 55.4 cm³/mol. The van der Waals surface area contributed by atoms with Crippen LogP contribution in [0.1, 0.15) is 10.5 Å². The first kappa shape index (κ1) is 9.91. The van der Waals surface area contributed by atoms with Crippen molar-refractivity contribution in [3.63, 3.8) is 0 Å². The van der Waals surface area contributed by atoms with Gasteiger partial charge in [-0.1, -0.05) is 0 Å². The average Bonchev–Trinajstić information content (AvgIpc) is 2.71. The zero-order valence-electron chi connectivity index (χ0n) is 7.73. The van der Waals surface area contributed by atoms with Gasteiger partial charge in [-0.25, -0.2) is 4.79 Å². The van der Waals surface area contributed by atoms with Gasteiger partial charge in [0.05, 0.1) is 5.69 Å². The van der Waals surface area contributed by atoms with Crippen LogP contribution in [0.5, 0.6) is 0 Å². The van der Waals surface area contributed by atoms with Crippen LogP contribution in [0.2, 0.25) is 0 Å². The summed E-state index contributed by atoms with van der Waals surface area (Å²) in [5, 5.41) is 19.1. The van der Waals surface area contributed by atoms with Gasteiger partial charge in [0.2, 0.25) is 0 Å². The van der Waals surface area contributed by atoms with Gasteiger partial charge in [0.25, 0.3) is 0 Å². The quantitative estimate of drug-likeness (QED) is 0.861. The molecule has 0 saturated heterocycles. The van der Waals surface area contributed by atoms with Crippen LogP contribution in [-0.2, 0) is 7.05 Å². The number of aromatic amines is 1. The van der Waals surface area contributed by atoms with Crippen molar-refractivity contribution in [2.75, 3.05) is 0 Å². The molecule has 0 aliphatic carbocycles. The van der Waals surface area contributed by atoms with E-state index in [1.54, 1.807) is 17.8 Å². The SMILES string of the molecule is Cn1nc(Br)cc1-c1cc(C(=O)O)[nH]n1. The molecule has 0 spiro atoms. The van der Waals surface area contributed by atoms with E-state index in [0.29, 0.717) is 10.3 Å². The lowest BCUT2D eigenvalue weighted by atomic mass is 10.3. The number of carbonyl (C=O) groups is 1. The van der Waals surface area contributed by atoms with Crippen molar-refractivity contribution >= 4 is 21.9 Å². The van der Waals surface area contributed by atoms with Gasteiger partial charge >= 0.3 is 5.97 Å². The fourth-order valence-electron chi connectivity index (χ4n) is 1.23. The maximum absolute atomic E-state index is 10.6. The van der Waals surface area contributed by atoms with Gasteiger partial charge in [0.15, 0.2) is 0 Å². The van der Waals surface area contributed by atoms with Crippen molar-refractivity contribution in [2.24, 2.45) is 7.05 Å². The lowest BCUT2D eigenvalue weighted by molar-refractivity contribution is 0.0690. The number of hydrogen-bond acceptors (Lipinski definition) is 3. The van der Waals surface area contributed by atoms with E-state index in [9.17, 15) is 4.79 Å². The minimum atomic E-state index is -1.03. The van der Waals surface area contributed by atoms with E-state index in [0.717, 1.165) is 5.69 Å². The minimum absolute atomic E-state index is 0.0577. The maximum atomic E-state index is 10.6. The minimum Gasteiger partial charge on any atom is -0.477 e. The van der Waals surface area contributed by atoms with E-state index in [4.69, 9.17) is 5.11 Å². The lowest BCUT2D eigenvalue weighted by Gasteiger charge is -1.94. The molecular formula is C8H7BrN4O2. The third kappa shape index (κ3) is 1.78. The second kappa shape index (κ2) is 3.50. The smallest absolute Gasteiger partial charge is 0.353 e. The van der Waals surface area contributed by atoms with Crippen molar-refractivity contribution in [2.45, 2.75) is 0 Å². The number of rotatable bonds is 2. The fourth-order valence-corrected chi connectivity index (χ4v) is 1.69. The largest absolute Gasteiger partial charge is 0.477 e. The molecule has 2 aromatic heterocycles. The van der Waals surface area contributed by atoms with Crippen LogP contribution in [0.25, 0.3) is 11.4 Å². The molecule has 0 aromatic carbocycles. The number of nitrogens with zero attached hydrogens (tertiary/aromatic N) is 3. The number of carboxylic acids is 1. The maximum Gasteiger partial charge on any atom is 0.353 e. The highest BCUT2D eigenvalue weighted by Crippen LogP contribution is 2.20. The second-order valence-electron chi connectivity index (χ2n) is 2.95. The van der Waals surface area contributed by atoms with Crippen LogP contribution >= 0.6 is 15.9 Å². The number of hydrogen-bond donors (Lipinski definition) is 2. The van der Waals surface area contributed by atoms with Crippen molar-refractivity contribution in [3.8, 4) is 11.4 Å². The predicted octanol–water partition coefficient (Wildman–Crippen LogP) is 1.27. The molecule has 0 aliphatic rings. The molecule has 78 valence electrons. The molecule has 2 aromatic rings. The van der Waals surface area contributed by atoms with Crippen molar-refractivity contribution in [1.29, 1.82) is 0 Å². The topological polar surface area (TPSA) is 83.8 Å². The molecule has 15 heavy (non-hydrogen) atoms. The Morgan fingerprint density at radius 2 is 2.33 bits per heavy atom. The standard InChI is InChI=1S/C8H7BrN4O2/c1-13-6(3-7(9)12-13)4-2-5(8(14)15)11-10-4/h2-3H,1H3,(H,10,11)(H,14,15). The van der Waals surface area contributed by atoms with Gasteiger partial charge in [-0.2, -0.15) is 10.2 Å². The summed E-state index contributed by atoms with van der Waals surface area (Å²) < 4.78 is 2.30. The molecule has 7 heteroatoms. The van der Waals surface area contributed by atoms with E-state index in [-0.39, 0.29) is 5.69 Å². The molecule has 0 unspecified atom stereocenters. The summed E-state index contributed by atoms with van der Waals surface area (Å²) in [5.74, 6) is -1.03. The van der Waals surface area contributed by atoms with Crippen LogP contribution in [0, 0.1) is 0 Å². The average molecular weight is 271 g/mol. The highest BCUT2D eigenvalue weighted by atomic mass is 79.9. The highest BCUT2D eigenvalue weighted by Gasteiger charge is 2.12. The zero-order valence-corrected chi connectivity index (χ0v) is 9.32. The van der Waals surface area contributed by atoms with Gasteiger partial charge < -0.3 is 5.11 Å². The molecule has 0 fully saturated rings. The third-order valence-electron chi connectivity index (χ3n) is 1.92. The van der Waals surface area contributed by atoms with Crippen LogP contribution in [-0.4, -0.2) is 31.1 Å². The number of carboxylic acid groups (broad SMARTS) is 1. The second-order valence-corrected chi connectivity index (χ2v) is 3.76. The summed E-state index contributed by atoms with van der Waals surface area (Å²) in [5.41, 5.74) is 1.35. The summed E-state index contributed by atoms with van der Waals surface area (Å²) in [6.07, 6.45) is 0. The summed E-state index contributed by atoms with van der Waals surface area (Å²) in [4.78, 5) is 10.6. The van der Waals surface area contributed by atoms with E-state index in [2.05, 4.69) is 31.2 Å². The van der Waals surface area contributed by atoms with E-state index < -0.39 is 5.97 Å². The number of aromatic carboxylic acids is 1. The van der Waals surface area contributed by atoms with E-state index >= 15 is 0 Å². The molecule has 0 saturated carbocycles. The van der Waals surface area contributed by atoms with E-state index in [1.807, 2.05) is 0 Å². The highest BCUT2D eigenvalue weighted by molar-refractivity contribution is 9.10. The summed E-state index contributed by atoms with van der Waals surface area (Å²) in [6, 6.07) is 3.23. The lowest BCUT2D eigenvalue weighted by Crippen LogP contribution is -1.95. The van der Waals surface area contributed by atoms with Crippen molar-refractivity contribution < 1.29 is 9.90 Å². The Kier molecular flexibility index (Phi) is 2.31. The molecule has 0 amide bonds. The molecular weight excluding hydrogens is 264 g/mol. The normalized spacial score (nSPS) is 10.5. The molecule has 0 bridgehead atoms. The van der Waals surface area contributed by atoms with Crippen molar-refractivity contribution in [1.82, 2.24) is 20.0 Å². The van der Waals surface area contributed by atoms with Crippen LogP contribution in [0.4, 0.5) is 0 Å². The Balaban J connectivity index is 2.45. The summed E-state index contributed by atoms with van der Waals surface area (Å²) >= 11 is 3.23. The molecule has 2 heterocycles. The molecule has 0 atom stereocenters. The first-order valence-electron chi connectivity index (χ1n) is 4.06. The first-order valence-corrected chi connectivity index (χ1v) is 4.86. The van der Waals surface area contributed by atoms with Gasteiger partial charge in [-0.3, -0.25) is 9.78 Å². The Morgan fingerprint density at radius 1 is 1.60 bits per heavy atom. The van der Waals surface area contributed by atoms with Gasteiger partial charge in [0.1, 0.15) is 16.0 Å². The summed E-state index contributed by atoms with van der Waals surface area (Å²) in [7, 11) is 1.76. The Morgan fingerprint density at radius 3 is 2.80 bits per heavy atom. The number of aryl methyl sites for hydroxylation is 1. The number of halogens is 1. The van der Waals surface area contributed by atoms with Gasteiger partial charge in [-0.15, -0.1) is 0 Å².